The lowest BCUT2D eigenvalue weighted by Gasteiger charge is -2.02. The summed E-state index contributed by atoms with van der Waals surface area (Å²) in [4.78, 5) is 17.2. The summed E-state index contributed by atoms with van der Waals surface area (Å²) in [6, 6.07) is 5.35. The van der Waals surface area contributed by atoms with Gasteiger partial charge in [-0.1, -0.05) is 16.7 Å². The molecule has 0 saturated heterocycles. The molecule has 8 heteroatoms. The zero-order chi connectivity index (χ0) is 11.6. The number of phenolic OH excluding ortho intramolecular Hbond substituents is 1. The van der Waals surface area contributed by atoms with Crippen LogP contribution in [0.25, 0.3) is 0 Å². The first-order valence-electron chi connectivity index (χ1n) is 3.81. The number of para-hydroxylation sites is 1. The van der Waals surface area contributed by atoms with Gasteiger partial charge in [0, 0.05) is 0 Å². The topological polar surface area (TPSA) is 115 Å². The summed E-state index contributed by atoms with van der Waals surface area (Å²) in [5, 5.41) is 18.1. The molecule has 0 aliphatic carbocycles. The zero-order valence-electron chi connectivity index (χ0n) is 7.39. The lowest BCUT2D eigenvalue weighted by molar-refractivity contribution is 0.259. The summed E-state index contributed by atoms with van der Waals surface area (Å²) in [6.45, 7) is 0. The second-order valence-corrected chi connectivity index (χ2v) is 6.45. The molecule has 1 aromatic rings. The Morgan fingerprint density at radius 1 is 1.27 bits per heavy atom. The lowest BCUT2D eigenvalue weighted by atomic mass is 10.3. The van der Waals surface area contributed by atoms with Crippen LogP contribution in [0, 0.1) is 0 Å². The zero-order valence-corrected chi connectivity index (χ0v) is 9.18. The number of phenols is 1. The van der Waals surface area contributed by atoms with Gasteiger partial charge < -0.3 is 20.0 Å². The molecule has 0 aliphatic heterocycles. The van der Waals surface area contributed by atoms with Crippen LogP contribution in [0.1, 0.15) is 0 Å². The molecule has 0 amide bonds. The van der Waals surface area contributed by atoms with Crippen molar-refractivity contribution in [2.75, 3.05) is 0 Å². The number of benzene rings is 1. The molecule has 0 spiro atoms. The third kappa shape index (κ3) is 2.84. The fraction of sp³-hybridized carbons (Fsp3) is 0.143. The van der Waals surface area contributed by atoms with Gasteiger partial charge in [0.25, 0.3) is 0 Å². The minimum atomic E-state index is -4.84. The van der Waals surface area contributed by atoms with E-state index >= 15 is 0 Å². The molecule has 1 rings (SSSR count). The maximum absolute atomic E-state index is 11.5. The van der Waals surface area contributed by atoms with E-state index in [1.165, 1.54) is 24.3 Å². The fourth-order valence-corrected chi connectivity index (χ4v) is 3.16. The Hall–Kier alpha value is -0.770. The highest BCUT2D eigenvalue weighted by Crippen LogP contribution is 2.51. The van der Waals surface area contributed by atoms with Crippen LogP contribution >= 0.6 is 15.4 Å². The van der Waals surface area contributed by atoms with Crippen molar-refractivity contribution in [3.63, 3.8) is 0 Å². The third-order valence-corrected chi connectivity index (χ3v) is 5.04. The summed E-state index contributed by atoms with van der Waals surface area (Å²) in [6.07, 6.45) is 0. The highest BCUT2D eigenvalue weighted by molar-refractivity contribution is 7.70. The van der Waals surface area contributed by atoms with Gasteiger partial charge in [-0.05, 0) is 12.1 Å². The number of aromatic hydroxyl groups is 1. The Bertz CT molecular complexity index is 425. The van der Waals surface area contributed by atoms with E-state index in [0.29, 0.717) is 0 Å². The second-order valence-electron chi connectivity index (χ2n) is 2.75. The third-order valence-electron chi connectivity index (χ3n) is 1.63. The normalized spacial score (nSPS) is 14.7. The van der Waals surface area contributed by atoms with E-state index in [1.807, 2.05) is 0 Å². The lowest BCUT2D eigenvalue weighted by Crippen LogP contribution is -2.09. The number of hydrogen-bond donors (Lipinski definition) is 4. The van der Waals surface area contributed by atoms with Crippen molar-refractivity contribution in [3.05, 3.63) is 24.3 Å². The predicted molar refractivity (Wildman–Crippen MR) is 53.4 cm³/mol. The molecule has 0 aromatic heterocycles. The molecular weight excluding hydrogens is 242 g/mol. The summed E-state index contributed by atoms with van der Waals surface area (Å²) in [5.74, 6) is -0.369. The molecular formula is C7H9O6P2+. The molecule has 2 atom stereocenters. The molecule has 1 aromatic carbocycles. The fourth-order valence-electron chi connectivity index (χ4n) is 0.912. The SMILES string of the molecule is O=[P+](c1ccccc1O)C(O)P(=O)(O)O. The highest BCUT2D eigenvalue weighted by Gasteiger charge is 2.46. The molecule has 2 unspecified atom stereocenters. The number of hydrogen-bond acceptors (Lipinski definition) is 4. The van der Waals surface area contributed by atoms with E-state index in [2.05, 4.69) is 0 Å². The minimum Gasteiger partial charge on any atom is -0.504 e. The maximum Gasteiger partial charge on any atom is 0.425 e. The van der Waals surface area contributed by atoms with Crippen LogP contribution in [0.2, 0.25) is 0 Å². The Labute approximate surface area is 86.1 Å². The molecule has 0 aliphatic rings. The van der Waals surface area contributed by atoms with E-state index in [9.17, 15) is 14.2 Å². The van der Waals surface area contributed by atoms with Crippen molar-refractivity contribution in [2.24, 2.45) is 0 Å². The molecule has 6 nitrogen and oxygen atoms in total. The number of aliphatic hydroxyl groups is 1. The van der Waals surface area contributed by atoms with E-state index in [1.54, 1.807) is 0 Å². The maximum atomic E-state index is 11.5. The van der Waals surface area contributed by atoms with Gasteiger partial charge in [0.15, 0.2) is 5.75 Å². The number of aliphatic hydroxyl groups excluding tert-OH is 1. The Kier molecular flexibility index (Phi) is 3.60. The van der Waals surface area contributed by atoms with Crippen LogP contribution < -0.4 is 5.30 Å². The monoisotopic (exact) mass is 251 g/mol. The Morgan fingerprint density at radius 2 is 1.80 bits per heavy atom. The molecule has 0 heterocycles. The Morgan fingerprint density at radius 3 is 2.27 bits per heavy atom. The summed E-state index contributed by atoms with van der Waals surface area (Å²) in [7, 11) is -7.59. The second kappa shape index (κ2) is 4.39. The van der Waals surface area contributed by atoms with Crippen LogP contribution in [0.5, 0.6) is 5.75 Å². The summed E-state index contributed by atoms with van der Waals surface area (Å²) >= 11 is 0. The van der Waals surface area contributed by atoms with E-state index in [-0.39, 0.29) is 11.1 Å². The average molecular weight is 251 g/mol. The van der Waals surface area contributed by atoms with Crippen molar-refractivity contribution in [1.82, 2.24) is 0 Å². The Balaban J connectivity index is 3.06. The molecule has 4 N–H and O–H groups in total. The minimum absolute atomic E-state index is 0.177. The molecule has 0 radical (unpaired) electrons. The van der Waals surface area contributed by atoms with Crippen LogP contribution in [0.3, 0.4) is 0 Å². The van der Waals surface area contributed by atoms with E-state index < -0.39 is 21.0 Å². The van der Waals surface area contributed by atoms with Crippen LogP contribution in [-0.4, -0.2) is 25.6 Å². The largest absolute Gasteiger partial charge is 0.504 e. The first-order chi connectivity index (χ1) is 6.84. The smallest absolute Gasteiger partial charge is 0.425 e. The summed E-state index contributed by atoms with van der Waals surface area (Å²) in [5.41, 5.74) is -2.29. The molecule has 0 fully saturated rings. The standard InChI is InChI=1S/C7H8O6P2/c8-5-3-1-2-4-6(5)14(10)7(9)15(11,12)13/h1-4,7,9H,(H2-,8,10,11,12,13)/p+1. The van der Waals surface area contributed by atoms with Crippen molar-refractivity contribution in [2.45, 2.75) is 5.59 Å². The summed E-state index contributed by atoms with van der Waals surface area (Å²) < 4.78 is 22.1. The molecule has 15 heavy (non-hydrogen) atoms. The van der Waals surface area contributed by atoms with Crippen molar-refractivity contribution in [3.8, 4) is 5.75 Å². The first kappa shape index (κ1) is 12.3. The van der Waals surface area contributed by atoms with Crippen molar-refractivity contribution < 1.29 is 29.1 Å². The van der Waals surface area contributed by atoms with Gasteiger partial charge in [0.05, 0.1) is 0 Å². The van der Waals surface area contributed by atoms with E-state index in [4.69, 9.17) is 14.9 Å². The van der Waals surface area contributed by atoms with Gasteiger partial charge in [-0.3, -0.25) is 4.57 Å². The van der Waals surface area contributed by atoms with Crippen molar-refractivity contribution in [1.29, 1.82) is 0 Å². The number of rotatable bonds is 3. The van der Waals surface area contributed by atoms with Gasteiger partial charge in [-0.25, -0.2) is 0 Å². The molecule has 0 saturated carbocycles. The molecule has 0 bridgehead atoms. The van der Waals surface area contributed by atoms with Gasteiger partial charge in [0.2, 0.25) is 5.30 Å². The van der Waals surface area contributed by atoms with Gasteiger partial charge >= 0.3 is 21.0 Å². The predicted octanol–water partition coefficient (Wildman–Crippen LogP) is 0.299. The first-order valence-corrected chi connectivity index (χ1v) is 6.82. The molecule has 82 valence electrons. The van der Waals surface area contributed by atoms with Crippen LogP contribution in [0.15, 0.2) is 24.3 Å². The van der Waals surface area contributed by atoms with Crippen molar-refractivity contribution >= 4 is 20.7 Å². The van der Waals surface area contributed by atoms with Crippen LogP contribution in [-0.2, 0) is 9.13 Å². The van der Waals surface area contributed by atoms with Crippen LogP contribution in [0.4, 0.5) is 0 Å². The van der Waals surface area contributed by atoms with Gasteiger partial charge in [-0.2, -0.15) is 0 Å². The quantitative estimate of drug-likeness (QED) is 0.574. The average Bonchev–Trinajstić information content (AvgIpc) is 2.15. The van der Waals surface area contributed by atoms with E-state index in [0.717, 1.165) is 0 Å². The van der Waals surface area contributed by atoms with Gasteiger partial charge in [0.1, 0.15) is 0 Å². The van der Waals surface area contributed by atoms with Gasteiger partial charge in [-0.15, -0.1) is 0 Å². The highest BCUT2D eigenvalue weighted by atomic mass is 31.2.